The number of amides is 2. The first-order valence-electron chi connectivity index (χ1n) is 5.87. The number of likely N-dealkylation sites (N-methyl/N-ethyl adjacent to an activating group) is 1. The third kappa shape index (κ3) is 3.41. The first-order valence-corrected chi connectivity index (χ1v) is 6.25. The molecule has 0 bridgehead atoms. The Bertz CT molecular complexity index is 593. The molecule has 2 rings (SSSR count). The molecule has 1 unspecified atom stereocenters. The van der Waals surface area contributed by atoms with Crippen LogP contribution in [0.4, 0.5) is 19.0 Å². The van der Waals surface area contributed by atoms with Gasteiger partial charge in [-0.3, -0.25) is 14.5 Å². The van der Waals surface area contributed by atoms with E-state index in [4.69, 9.17) is 11.6 Å². The van der Waals surface area contributed by atoms with Gasteiger partial charge in [0.1, 0.15) is 11.9 Å². The van der Waals surface area contributed by atoms with Gasteiger partial charge in [0.2, 0.25) is 11.2 Å². The fourth-order valence-corrected chi connectivity index (χ4v) is 2.05. The van der Waals surface area contributed by atoms with Crippen LogP contribution in [0, 0.1) is 0 Å². The number of imide groups is 1. The minimum absolute atomic E-state index is 0.116. The Kier molecular flexibility index (Phi) is 4.04. The van der Waals surface area contributed by atoms with Gasteiger partial charge in [0.05, 0.1) is 0 Å². The Balaban J connectivity index is 2.22. The Morgan fingerprint density at radius 2 is 2.05 bits per heavy atom. The van der Waals surface area contributed by atoms with Gasteiger partial charge in [-0.25, -0.2) is 9.97 Å². The number of likely N-dealkylation sites (tertiary alicyclic amines) is 1. The van der Waals surface area contributed by atoms with E-state index in [1.54, 1.807) is 0 Å². The average molecular weight is 323 g/mol. The number of rotatable bonds is 2. The molecule has 6 nitrogen and oxygen atoms in total. The molecule has 1 aliphatic rings. The lowest BCUT2D eigenvalue weighted by atomic mass is 10.0. The second kappa shape index (κ2) is 5.47. The highest BCUT2D eigenvalue weighted by Gasteiger charge is 2.35. The van der Waals surface area contributed by atoms with E-state index >= 15 is 0 Å². The predicted molar refractivity (Wildman–Crippen MR) is 66.5 cm³/mol. The van der Waals surface area contributed by atoms with E-state index in [0.717, 1.165) is 4.90 Å². The molecule has 1 N–H and O–H groups in total. The lowest BCUT2D eigenvalue weighted by Crippen LogP contribution is -2.48. The topological polar surface area (TPSA) is 75.2 Å². The number of hydrogen-bond acceptors (Lipinski definition) is 5. The number of carbonyl (C=O) groups is 2. The van der Waals surface area contributed by atoms with Crippen molar-refractivity contribution >= 4 is 29.2 Å². The third-order valence-corrected chi connectivity index (χ3v) is 3.13. The molecule has 10 heteroatoms. The maximum absolute atomic E-state index is 12.6. The largest absolute Gasteiger partial charge is 0.433 e. The van der Waals surface area contributed by atoms with E-state index < -0.39 is 29.1 Å². The first kappa shape index (κ1) is 15.5. The Morgan fingerprint density at radius 3 is 2.67 bits per heavy atom. The summed E-state index contributed by atoms with van der Waals surface area (Å²) in [5, 5.41) is 1.97. The molecule has 0 aromatic carbocycles. The van der Waals surface area contributed by atoms with E-state index in [2.05, 4.69) is 15.3 Å². The molecular formula is C11H10ClF3N4O2. The van der Waals surface area contributed by atoms with Crippen LogP contribution in [0.25, 0.3) is 0 Å². The normalized spacial score (nSPS) is 19.9. The summed E-state index contributed by atoms with van der Waals surface area (Å²) in [7, 11) is 1.31. The highest BCUT2D eigenvalue weighted by atomic mass is 35.5. The lowest BCUT2D eigenvalue weighted by molar-refractivity contribution is -0.146. The minimum Gasteiger partial charge on any atom is -0.358 e. The van der Waals surface area contributed by atoms with Crippen LogP contribution in [-0.4, -0.2) is 39.8 Å². The maximum Gasteiger partial charge on any atom is 0.433 e. The highest BCUT2D eigenvalue weighted by Crippen LogP contribution is 2.30. The number of anilines is 1. The maximum atomic E-state index is 12.6. The van der Waals surface area contributed by atoms with Crippen molar-refractivity contribution in [3.8, 4) is 0 Å². The van der Waals surface area contributed by atoms with Crippen molar-refractivity contribution in [2.24, 2.45) is 0 Å². The molecule has 2 amide bonds. The molecule has 1 atom stereocenters. The van der Waals surface area contributed by atoms with Gasteiger partial charge in [-0.05, 0) is 18.0 Å². The Morgan fingerprint density at radius 1 is 1.38 bits per heavy atom. The number of alkyl halides is 3. The van der Waals surface area contributed by atoms with Crippen molar-refractivity contribution < 1.29 is 22.8 Å². The van der Waals surface area contributed by atoms with Crippen molar-refractivity contribution in [3.05, 3.63) is 17.0 Å². The SMILES string of the molecule is CN1C(=O)CCC(Nc2cc(C(F)(F)F)nc(Cl)n2)C1=O. The molecule has 1 aromatic rings. The fraction of sp³-hybridized carbons (Fsp3) is 0.455. The summed E-state index contributed by atoms with van der Waals surface area (Å²) in [4.78, 5) is 30.8. The monoisotopic (exact) mass is 322 g/mol. The van der Waals surface area contributed by atoms with E-state index in [9.17, 15) is 22.8 Å². The summed E-state index contributed by atoms with van der Waals surface area (Å²) in [5.41, 5.74) is -1.21. The molecule has 1 saturated heterocycles. The zero-order chi connectivity index (χ0) is 15.8. The molecule has 1 fully saturated rings. The quantitative estimate of drug-likeness (QED) is 0.662. The van der Waals surface area contributed by atoms with Crippen LogP contribution in [0.5, 0.6) is 0 Å². The van der Waals surface area contributed by atoms with Gasteiger partial charge in [-0.1, -0.05) is 0 Å². The van der Waals surface area contributed by atoms with E-state index in [-0.39, 0.29) is 24.6 Å². The van der Waals surface area contributed by atoms with Gasteiger partial charge in [-0.2, -0.15) is 13.2 Å². The zero-order valence-corrected chi connectivity index (χ0v) is 11.5. The lowest BCUT2D eigenvalue weighted by Gasteiger charge is -2.28. The summed E-state index contributed by atoms with van der Waals surface area (Å²) >= 11 is 5.45. The number of nitrogens with one attached hydrogen (secondary N) is 1. The molecule has 0 spiro atoms. The number of halogens is 4. The van der Waals surface area contributed by atoms with E-state index in [1.807, 2.05) is 0 Å². The van der Waals surface area contributed by atoms with Crippen LogP contribution in [-0.2, 0) is 15.8 Å². The molecule has 1 aromatic heterocycles. The zero-order valence-electron chi connectivity index (χ0n) is 10.7. The van der Waals surface area contributed by atoms with Crippen LogP contribution in [0.3, 0.4) is 0 Å². The smallest absolute Gasteiger partial charge is 0.358 e. The molecule has 0 radical (unpaired) electrons. The molecule has 0 aliphatic carbocycles. The molecule has 1 aliphatic heterocycles. The van der Waals surface area contributed by atoms with E-state index in [1.165, 1.54) is 7.05 Å². The van der Waals surface area contributed by atoms with Crippen molar-refractivity contribution in [1.82, 2.24) is 14.9 Å². The molecule has 0 saturated carbocycles. The second-order valence-corrected chi connectivity index (χ2v) is 4.77. The summed E-state index contributed by atoms with van der Waals surface area (Å²) in [6.45, 7) is 0. The minimum atomic E-state index is -4.67. The summed E-state index contributed by atoms with van der Waals surface area (Å²) < 4.78 is 37.9. The molecular weight excluding hydrogens is 313 g/mol. The van der Waals surface area contributed by atoms with Crippen molar-refractivity contribution in [2.45, 2.75) is 25.1 Å². The van der Waals surface area contributed by atoms with Gasteiger partial charge in [-0.15, -0.1) is 0 Å². The Labute approximate surface area is 122 Å². The van der Waals surface area contributed by atoms with Gasteiger partial charge >= 0.3 is 6.18 Å². The van der Waals surface area contributed by atoms with Crippen LogP contribution in [0.2, 0.25) is 5.28 Å². The number of carbonyl (C=O) groups excluding carboxylic acids is 2. The standard InChI is InChI=1S/C11H10ClF3N4O2/c1-19-8(20)3-2-5(9(19)21)16-7-4-6(11(13,14)15)17-10(12)18-7/h4-5H,2-3H2,1H3,(H,16,17,18). The van der Waals surface area contributed by atoms with Gasteiger partial charge in [0.25, 0.3) is 5.91 Å². The van der Waals surface area contributed by atoms with Gasteiger partial charge in [0.15, 0.2) is 5.69 Å². The van der Waals surface area contributed by atoms with Crippen molar-refractivity contribution in [1.29, 1.82) is 0 Å². The first-order chi connectivity index (χ1) is 9.68. The second-order valence-electron chi connectivity index (χ2n) is 4.43. The third-order valence-electron chi connectivity index (χ3n) is 2.96. The average Bonchev–Trinajstić information content (AvgIpc) is 2.38. The number of piperidine rings is 1. The summed E-state index contributed by atoms with van der Waals surface area (Å²) in [5.74, 6) is -1.09. The van der Waals surface area contributed by atoms with Gasteiger partial charge < -0.3 is 5.32 Å². The summed E-state index contributed by atoms with van der Waals surface area (Å²) in [6.07, 6.45) is -4.39. The van der Waals surface area contributed by atoms with Crippen molar-refractivity contribution in [3.63, 3.8) is 0 Å². The number of hydrogen-bond donors (Lipinski definition) is 1. The molecule has 21 heavy (non-hydrogen) atoms. The summed E-state index contributed by atoms with van der Waals surface area (Å²) in [6, 6.07) is -0.171. The Hall–Kier alpha value is -1.90. The van der Waals surface area contributed by atoms with E-state index in [0.29, 0.717) is 6.07 Å². The fourth-order valence-electron chi connectivity index (χ4n) is 1.87. The molecule has 114 valence electrons. The molecule has 2 heterocycles. The number of nitrogens with zero attached hydrogens (tertiary/aromatic N) is 3. The predicted octanol–water partition coefficient (Wildman–Crippen LogP) is 1.71. The van der Waals surface area contributed by atoms with Crippen LogP contribution in [0.1, 0.15) is 18.5 Å². The number of aromatic nitrogens is 2. The highest BCUT2D eigenvalue weighted by molar-refractivity contribution is 6.28. The van der Waals surface area contributed by atoms with Crippen LogP contribution in [0.15, 0.2) is 6.07 Å². The van der Waals surface area contributed by atoms with Crippen molar-refractivity contribution in [2.75, 3.05) is 12.4 Å². The van der Waals surface area contributed by atoms with Crippen LogP contribution >= 0.6 is 11.6 Å². The van der Waals surface area contributed by atoms with Gasteiger partial charge in [0, 0.05) is 19.5 Å². The van der Waals surface area contributed by atoms with Crippen LogP contribution < -0.4 is 5.32 Å².